The topological polar surface area (TPSA) is 67.5 Å². The van der Waals surface area contributed by atoms with Crippen molar-refractivity contribution in [1.29, 1.82) is 5.26 Å². The standard InChI is InChI=1S/C17H24N2O2/c18-12-14-6-8-15(9-7-14)17(21)13-19(10-11-20)16-4-2-1-3-5-16/h6-9,16-17,20-21H,1-5,10-11,13H2. The lowest BCUT2D eigenvalue weighted by atomic mass is 9.93. The van der Waals surface area contributed by atoms with Crippen molar-refractivity contribution in [2.45, 2.75) is 44.2 Å². The van der Waals surface area contributed by atoms with Crippen LogP contribution in [0.1, 0.15) is 49.3 Å². The average Bonchev–Trinajstić information content (AvgIpc) is 2.55. The maximum Gasteiger partial charge on any atom is 0.0991 e. The molecule has 0 bridgehead atoms. The molecule has 1 aliphatic rings. The molecule has 1 unspecified atom stereocenters. The van der Waals surface area contributed by atoms with E-state index in [0.717, 1.165) is 18.4 Å². The Hall–Kier alpha value is -1.41. The van der Waals surface area contributed by atoms with Crippen LogP contribution < -0.4 is 0 Å². The van der Waals surface area contributed by atoms with Crippen molar-refractivity contribution in [3.63, 3.8) is 0 Å². The molecule has 21 heavy (non-hydrogen) atoms. The van der Waals surface area contributed by atoms with Gasteiger partial charge in [-0.2, -0.15) is 5.26 Å². The second-order valence-corrected chi connectivity index (χ2v) is 5.76. The Morgan fingerprint density at radius 3 is 2.43 bits per heavy atom. The maximum atomic E-state index is 10.4. The predicted molar refractivity (Wildman–Crippen MR) is 81.6 cm³/mol. The molecule has 2 N–H and O–H groups in total. The van der Waals surface area contributed by atoms with Crippen LogP contribution in [0.15, 0.2) is 24.3 Å². The highest BCUT2D eigenvalue weighted by molar-refractivity contribution is 5.32. The first-order valence-corrected chi connectivity index (χ1v) is 7.77. The number of aliphatic hydroxyl groups excluding tert-OH is 2. The molecule has 2 rings (SSSR count). The number of hydrogen-bond donors (Lipinski definition) is 2. The summed E-state index contributed by atoms with van der Waals surface area (Å²) < 4.78 is 0. The molecule has 4 nitrogen and oxygen atoms in total. The molecule has 1 atom stereocenters. The van der Waals surface area contributed by atoms with Crippen molar-refractivity contribution in [1.82, 2.24) is 4.90 Å². The largest absolute Gasteiger partial charge is 0.395 e. The van der Waals surface area contributed by atoms with Gasteiger partial charge in [-0.1, -0.05) is 31.4 Å². The molecule has 114 valence electrons. The Labute approximate surface area is 126 Å². The Bertz CT molecular complexity index is 461. The number of benzene rings is 1. The highest BCUT2D eigenvalue weighted by atomic mass is 16.3. The highest BCUT2D eigenvalue weighted by Crippen LogP contribution is 2.24. The molecule has 1 aromatic rings. The van der Waals surface area contributed by atoms with E-state index >= 15 is 0 Å². The second-order valence-electron chi connectivity index (χ2n) is 5.76. The van der Waals surface area contributed by atoms with Crippen molar-refractivity contribution in [3.05, 3.63) is 35.4 Å². The van der Waals surface area contributed by atoms with Crippen molar-refractivity contribution < 1.29 is 10.2 Å². The third kappa shape index (κ3) is 4.53. The Balaban J connectivity index is 1.99. The molecule has 0 radical (unpaired) electrons. The van der Waals surface area contributed by atoms with Gasteiger partial charge in [0, 0.05) is 19.1 Å². The molecule has 1 fully saturated rings. The van der Waals surface area contributed by atoms with E-state index in [2.05, 4.69) is 11.0 Å². The highest BCUT2D eigenvalue weighted by Gasteiger charge is 2.23. The molecule has 0 aromatic heterocycles. The van der Waals surface area contributed by atoms with Crippen molar-refractivity contribution in [2.24, 2.45) is 0 Å². The summed E-state index contributed by atoms with van der Waals surface area (Å²) in [5, 5.41) is 28.5. The molecule has 0 amide bonds. The summed E-state index contributed by atoms with van der Waals surface area (Å²) in [5.74, 6) is 0. The van der Waals surface area contributed by atoms with E-state index in [4.69, 9.17) is 5.26 Å². The van der Waals surface area contributed by atoms with E-state index in [-0.39, 0.29) is 6.61 Å². The monoisotopic (exact) mass is 288 g/mol. The predicted octanol–water partition coefficient (Wildman–Crippen LogP) is 2.22. The van der Waals surface area contributed by atoms with Gasteiger partial charge >= 0.3 is 0 Å². The lowest BCUT2D eigenvalue weighted by molar-refractivity contribution is 0.0600. The molecule has 1 aliphatic carbocycles. The van der Waals surface area contributed by atoms with E-state index in [1.807, 2.05) is 0 Å². The first-order chi connectivity index (χ1) is 10.2. The minimum atomic E-state index is -0.578. The number of aliphatic hydroxyl groups is 2. The summed E-state index contributed by atoms with van der Waals surface area (Å²) in [6.45, 7) is 1.27. The fourth-order valence-corrected chi connectivity index (χ4v) is 3.10. The fraction of sp³-hybridized carbons (Fsp3) is 0.588. The molecule has 1 aromatic carbocycles. The number of nitriles is 1. The summed E-state index contributed by atoms with van der Waals surface area (Å²) in [5.41, 5.74) is 1.43. The van der Waals surface area contributed by atoms with E-state index < -0.39 is 6.10 Å². The van der Waals surface area contributed by atoms with Crippen molar-refractivity contribution in [2.75, 3.05) is 19.7 Å². The minimum Gasteiger partial charge on any atom is -0.395 e. The van der Waals surface area contributed by atoms with E-state index in [1.165, 1.54) is 19.3 Å². The summed E-state index contributed by atoms with van der Waals surface area (Å²) >= 11 is 0. The zero-order chi connectivity index (χ0) is 15.1. The molecule has 0 aliphatic heterocycles. The zero-order valence-electron chi connectivity index (χ0n) is 12.4. The first-order valence-electron chi connectivity index (χ1n) is 7.77. The molecule has 0 spiro atoms. The van der Waals surface area contributed by atoms with Crippen LogP contribution in [0, 0.1) is 11.3 Å². The van der Waals surface area contributed by atoms with Crippen LogP contribution in [0.4, 0.5) is 0 Å². The van der Waals surface area contributed by atoms with Crippen molar-refractivity contribution >= 4 is 0 Å². The van der Waals surface area contributed by atoms with Gasteiger partial charge in [0.05, 0.1) is 24.3 Å². The lowest BCUT2D eigenvalue weighted by Gasteiger charge is -2.35. The van der Waals surface area contributed by atoms with Gasteiger partial charge in [0.15, 0.2) is 0 Å². The van der Waals surface area contributed by atoms with Crippen LogP contribution in [0.2, 0.25) is 0 Å². The normalized spacial score (nSPS) is 17.6. The third-order valence-electron chi connectivity index (χ3n) is 4.31. The van der Waals surface area contributed by atoms with Crippen LogP contribution in [0.25, 0.3) is 0 Å². The SMILES string of the molecule is N#Cc1ccc(C(O)CN(CCO)C2CCCCC2)cc1. The zero-order valence-corrected chi connectivity index (χ0v) is 12.4. The lowest BCUT2D eigenvalue weighted by Crippen LogP contribution is -2.41. The number of hydrogen-bond acceptors (Lipinski definition) is 4. The van der Waals surface area contributed by atoms with Gasteiger partial charge < -0.3 is 10.2 Å². The summed E-state index contributed by atoms with van der Waals surface area (Å²) in [7, 11) is 0. The van der Waals surface area contributed by atoms with Crippen LogP contribution in [0.5, 0.6) is 0 Å². The first kappa shape index (κ1) is 16.0. The third-order valence-corrected chi connectivity index (χ3v) is 4.31. The van der Waals surface area contributed by atoms with Gasteiger partial charge in [0.1, 0.15) is 0 Å². The van der Waals surface area contributed by atoms with Gasteiger partial charge in [-0.15, -0.1) is 0 Å². The van der Waals surface area contributed by atoms with Gasteiger partial charge in [0.2, 0.25) is 0 Å². The van der Waals surface area contributed by atoms with Gasteiger partial charge in [-0.25, -0.2) is 0 Å². The van der Waals surface area contributed by atoms with Gasteiger partial charge in [-0.05, 0) is 30.5 Å². The molecular formula is C17H24N2O2. The maximum absolute atomic E-state index is 10.4. The van der Waals surface area contributed by atoms with Gasteiger partial charge in [0.25, 0.3) is 0 Å². The minimum absolute atomic E-state index is 0.122. The average molecular weight is 288 g/mol. The Morgan fingerprint density at radius 1 is 1.19 bits per heavy atom. The number of rotatable bonds is 6. The van der Waals surface area contributed by atoms with Crippen LogP contribution in [-0.4, -0.2) is 40.9 Å². The summed E-state index contributed by atoms with van der Waals surface area (Å²) in [6, 6.07) is 9.63. The Kier molecular flexibility index (Phi) is 6.19. The Morgan fingerprint density at radius 2 is 1.86 bits per heavy atom. The summed E-state index contributed by atoms with van der Waals surface area (Å²) in [4.78, 5) is 2.21. The van der Waals surface area contributed by atoms with Crippen LogP contribution in [0.3, 0.4) is 0 Å². The number of nitrogens with zero attached hydrogens (tertiary/aromatic N) is 2. The van der Waals surface area contributed by atoms with E-state index in [0.29, 0.717) is 24.7 Å². The quantitative estimate of drug-likeness (QED) is 0.842. The molecule has 0 saturated heterocycles. The smallest absolute Gasteiger partial charge is 0.0991 e. The summed E-state index contributed by atoms with van der Waals surface area (Å²) in [6.07, 6.45) is 5.49. The fourth-order valence-electron chi connectivity index (χ4n) is 3.10. The van der Waals surface area contributed by atoms with Crippen LogP contribution in [-0.2, 0) is 0 Å². The van der Waals surface area contributed by atoms with Crippen LogP contribution >= 0.6 is 0 Å². The molecular weight excluding hydrogens is 264 g/mol. The molecule has 1 saturated carbocycles. The van der Waals surface area contributed by atoms with Crippen molar-refractivity contribution in [3.8, 4) is 6.07 Å². The molecule has 4 heteroatoms. The van der Waals surface area contributed by atoms with E-state index in [1.54, 1.807) is 24.3 Å². The molecule has 0 heterocycles. The van der Waals surface area contributed by atoms with E-state index in [9.17, 15) is 10.2 Å². The van der Waals surface area contributed by atoms with Gasteiger partial charge in [-0.3, -0.25) is 4.90 Å². The second kappa shape index (κ2) is 8.14.